The molecule has 0 saturated heterocycles. The molecule has 3 nitrogen and oxygen atoms in total. The van der Waals surface area contributed by atoms with Crippen LogP contribution in [-0.2, 0) is 12.0 Å². The number of hydrogen-bond acceptors (Lipinski definition) is 3. The van der Waals surface area contributed by atoms with E-state index in [2.05, 4.69) is 6.58 Å². The molecule has 0 aliphatic carbocycles. The van der Waals surface area contributed by atoms with Gasteiger partial charge in [-0.05, 0) is 30.4 Å². The minimum absolute atomic E-state index is 0.0128. The standard InChI is InChI=1S/C14H21NO2/c1-2-5-12-6-3-4-7-13(12)14(15,8-10-16)9-11-17/h2-4,6-7,16-17H,1,5,8-11,15H2. The van der Waals surface area contributed by atoms with Crippen LogP contribution >= 0.6 is 0 Å². The van der Waals surface area contributed by atoms with Crippen LogP contribution in [0.5, 0.6) is 0 Å². The second kappa shape index (κ2) is 6.55. The Morgan fingerprint density at radius 2 is 1.76 bits per heavy atom. The van der Waals surface area contributed by atoms with Gasteiger partial charge in [0, 0.05) is 18.8 Å². The van der Waals surface area contributed by atoms with Crippen molar-refractivity contribution in [2.24, 2.45) is 5.73 Å². The summed E-state index contributed by atoms with van der Waals surface area (Å²) in [5.41, 5.74) is 7.75. The second-order valence-corrected chi connectivity index (χ2v) is 4.25. The number of nitrogens with two attached hydrogens (primary N) is 1. The highest BCUT2D eigenvalue weighted by Gasteiger charge is 2.28. The fourth-order valence-electron chi connectivity index (χ4n) is 2.13. The summed E-state index contributed by atoms with van der Waals surface area (Å²) in [6.07, 6.45) is 3.46. The first-order valence-corrected chi connectivity index (χ1v) is 5.88. The molecule has 1 rings (SSSR count). The van der Waals surface area contributed by atoms with E-state index in [9.17, 15) is 0 Å². The van der Waals surface area contributed by atoms with Crippen molar-refractivity contribution < 1.29 is 10.2 Å². The molecule has 0 fully saturated rings. The summed E-state index contributed by atoms with van der Waals surface area (Å²) in [6, 6.07) is 7.86. The van der Waals surface area contributed by atoms with Gasteiger partial charge in [0.1, 0.15) is 0 Å². The van der Waals surface area contributed by atoms with Gasteiger partial charge in [0.15, 0.2) is 0 Å². The highest BCUT2D eigenvalue weighted by atomic mass is 16.3. The van der Waals surface area contributed by atoms with E-state index in [-0.39, 0.29) is 13.2 Å². The van der Waals surface area contributed by atoms with Crippen molar-refractivity contribution in [1.82, 2.24) is 0 Å². The van der Waals surface area contributed by atoms with E-state index in [0.717, 1.165) is 17.5 Å². The molecule has 4 N–H and O–H groups in total. The topological polar surface area (TPSA) is 66.5 Å². The second-order valence-electron chi connectivity index (χ2n) is 4.25. The van der Waals surface area contributed by atoms with Crippen LogP contribution in [0.25, 0.3) is 0 Å². The first kappa shape index (κ1) is 13.9. The van der Waals surface area contributed by atoms with Crippen LogP contribution in [0.3, 0.4) is 0 Å². The molecule has 0 aliphatic heterocycles. The molecular weight excluding hydrogens is 214 g/mol. The van der Waals surface area contributed by atoms with E-state index < -0.39 is 5.54 Å². The predicted octanol–water partition coefficient (Wildman–Crippen LogP) is 1.33. The highest BCUT2D eigenvalue weighted by Crippen LogP contribution is 2.29. The molecule has 0 radical (unpaired) electrons. The Morgan fingerprint density at radius 3 is 2.29 bits per heavy atom. The number of allylic oxidation sites excluding steroid dienone is 1. The molecular formula is C14H21NO2. The Bertz CT molecular complexity index is 357. The Hall–Kier alpha value is -1.16. The lowest BCUT2D eigenvalue weighted by atomic mass is 9.81. The minimum Gasteiger partial charge on any atom is -0.396 e. The zero-order chi connectivity index (χ0) is 12.7. The molecule has 3 heteroatoms. The molecule has 0 amide bonds. The van der Waals surface area contributed by atoms with Gasteiger partial charge in [0.2, 0.25) is 0 Å². The number of aliphatic hydroxyl groups excluding tert-OH is 2. The van der Waals surface area contributed by atoms with Gasteiger partial charge in [0.05, 0.1) is 0 Å². The van der Waals surface area contributed by atoms with E-state index in [1.807, 2.05) is 30.3 Å². The van der Waals surface area contributed by atoms with Gasteiger partial charge in [-0.3, -0.25) is 0 Å². The molecule has 1 aromatic rings. The van der Waals surface area contributed by atoms with E-state index in [1.165, 1.54) is 0 Å². The van der Waals surface area contributed by atoms with Crippen LogP contribution in [0.4, 0.5) is 0 Å². The van der Waals surface area contributed by atoms with Crippen LogP contribution in [0, 0.1) is 0 Å². The number of rotatable bonds is 7. The summed E-state index contributed by atoms with van der Waals surface area (Å²) >= 11 is 0. The average molecular weight is 235 g/mol. The minimum atomic E-state index is -0.664. The number of aliphatic hydroxyl groups is 2. The lowest BCUT2D eigenvalue weighted by Crippen LogP contribution is -2.39. The fourth-order valence-corrected chi connectivity index (χ4v) is 2.13. The van der Waals surface area contributed by atoms with Gasteiger partial charge in [-0.15, -0.1) is 6.58 Å². The van der Waals surface area contributed by atoms with Crippen LogP contribution in [-0.4, -0.2) is 23.4 Å². The number of hydrogen-bond donors (Lipinski definition) is 3. The first-order valence-electron chi connectivity index (χ1n) is 5.88. The predicted molar refractivity (Wildman–Crippen MR) is 69.6 cm³/mol. The van der Waals surface area contributed by atoms with Crippen molar-refractivity contribution >= 4 is 0 Å². The van der Waals surface area contributed by atoms with E-state index in [4.69, 9.17) is 15.9 Å². The molecule has 0 unspecified atom stereocenters. The molecule has 0 saturated carbocycles. The average Bonchev–Trinajstić information content (AvgIpc) is 2.31. The maximum atomic E-state index is 9.13. The molecule has 0 spiro atoms. The molecule has 17 heavy (non-hydrogen) atoms. The van der Waals surface area contributed by atoms with Crippen molar-refractivity contribution in [3.8, 4) is 0 Å². The molecule has 0 heterocycles. The summed E-state index contributed by atoms with van der Waals surface area (Å²) in [5, 5.41) is 18.3. The van der Waals surface area contributed by atoms with Gasteiger partial charge in [-0.1, -0.05) is 30.3 Å². The van der Waals surface area contributed by atoms with Crippen LogP contribution in [0.2, 0.25) is 0 Å². The normalized spacial score (nSPS) is 11.5. The van der Waals surface area contributed by atoms with Crippen molar-refractivity contribution in [2.45, 2.75) is 24.8 Å². The van der Waals surface area contributed by atoms with E-state index in [1.54, 1.807) is 0 Å². The van der Waals surface area contributed by atoms with Crippen LogP contribution in [0.1, 0.15) is 24.0 Å². The first-order chi connectivity index (χ1) is 8.18. The summed E-state index contributed by atoms with van der Waals surface area (Å²) in [6.45, 7) is 3.76. The Kier molecular flexibility index (Phi) is 5.35. The lowest BCUT2D eigenvalue weighted by Gasteiger charge is -2.31. The van der Waals surface area contributed by atoms with Crippen molar-refractivity contribution in [2.75, 3.05) is 13.2 Å². The van der Waals surface area contributed by atoms with E-state index >= 15 is 0 Å². The molecule has 0 bridgehead atoms. The molecule has 0 aliphatic rings. The van der Waals surface area contributed by atoms with Gasteiger partial charge < -0.3 is 15.9 Å². The molecule has 0 atom stereocenters. The van der Waals surface area contributed by atoms with Gasteiger partial charge in [-0.2, -0.15) is 0 Å². The highest BCUT2D eigenvalue weighted by molar-refractivity contribution is 5.34. The molecule has 94 valence electrons. The molecule has 0 aromatic heterocycles. The third-order valence-electron chi connectivity index (χ3n) is 3.03. The third kappa shape index (κ3) is 3.40. The largest absolute Gasteiger partial charge is 0.396 e. The maximum absolute atomic E-state index is 9.13. The molecule has 1 aromatic carbocycles. The smallest absolute Gasteiger partial charge is 0.0456 e. The van der Waals surface area contributed by atoms with Gasteiger partial charge in [-0.25, -0.2) is 0 Å². The van der Waals surface area contributed by atoms with Gasteiger partial charge >= 0.3 is 0 Å². The summed E-state index contributed by atoms with van der Waals surface area (Å²) in [4.78, 5) is 0. The Labute approximate surface area is 103 Å². The van der Waals surface area contributed by atoms with Crippen molar-refractivity contribution in [3.05, 3.63) is 48.0 Å². The summed E-state index contributed by atoms with van der Waals surface area (Å²) in [5.74, 6) is 0. The zero-order valence-electron chi connectivity index (χ0n) is 10.1. The van der Waals surface area contributed by atoms with E-state index in [0.29, 0.717) is 12.8 Å². The van der Waals surface area contributed by atoms with Crippen molar-refractivity contribution in [3.63, 3.8) is 0 Å². The Morgan fingerprint density at radius 1 is 1.18 bits per heavy atom. The zero-order valence-corrected chi connectivity index (χ0v) is 10.1. The van der Waals surface area contributed by atoms with Gasteiger partial charge in [0.25, 0.3) is 0 Å². The van der Waals surface area contributed by atoms with Crippen LogP contribution in [0.15, 0.2) is 36.9 Å². The fraction of sp³-hybridized carbons (Fsp3) is 0.429. The summed E-state index contributed by atoms with van der Waals surface area (Å²) in [7, 11) is 0. The third-order valence-corrected chi connectivity index (χ3v) is 3.03. The number of benzene rings is 1. The lowest BCUT2D eigenvalue weighted by molar-refractivity contribution is 0.193. The quantitative estimate of drug-likeness (QED) is 0.625. The summed E-state index contributed by atoms with van der Waals surface area (Å²) < 4.78 is 0. The van der Waals surface area contributed by atoms with Crippen LogP contribution < -0.4 is 5.73 Å². The Balaban J connectivity index is 3.12. The van der Waals surface area contributed by atoms with Crippen molar-refractivity contribution in [1.29, 1.82) is 0 Å². The monoisotopic (exact) mass is 235 g/mol. The SMILES string of the molecule is C=CCc1ccccc1C(N)(CCO)CCO. The maximum Gasteiger partial charge on any atom is 0.0456 e.